The maximum Gasteiger partial charge on any atom is 0.337 e. The van der Waals surface area contributed by atoms with Crippen molar-refractivity contribution in [3.05, 3.63) is 47.5 Å². The van der Waals surface area contributed by atoms with Gasteiger partial charge < -0.3 is 9.30 Å². The van der Waals surface area contributed by atoms with Crippen LogP contribution in [0.5, 0.6) is 0 Å². The molecule has 0 aliphatic heterocycles. The number of carbonyl (C=O) groups excluding carboxylic acids is 1. The number of ether oxygens (including phenoxy) is 1. The number of alkyl halides is 1. The van der Waals surface area contributed by atoms with E-state index >= 15 is 0 Å². The molecule has 0 fully saturated rings. The molecule has 0 unspecified atom stereocenters. The third-order valence-corrected chi connectivity index (χ3v) is 4.47. The number of nitrogens with zero attached hydrogens (tertiary/aromatic N) is 1. The Bertz CT molecular complexity index is 836. The standard InChI is InChI=1S/C17H16BrNO2/c1-3-19-15-6-4-11(10-18)8-13(15)14-9-12(17(20)21-2)5-7-16(14)19/h4-9H,3,10H2,1-2H3. The molecule has 0 saturated heterocycles. The summed E-state index contributed by atoms with van der Waals surface area (Å²) in [5, 5.41) is 3.09. The number of benzene rings is 2. The lowest BCUT2D eigenvalue weighted by Gasteiger charge is -2.03. The van der Waals surface area contributed by atoms with E-state index in [0.717, 1.165) is 22.8 Å². The number of hydrogen-bond acceptors (Lipinski definition) is 2. The van der Waals surface area contributed by atoms with Gasteiger partial charge in [0, 0.05) is 33.7 Å². The smallest absolute Gasteiger partial charge is 0.337 e. The van der Waals surface area contributed by atoms with Gasteiger partial charge in [-0.05, 0) is 42.8 Å². The zero-order valence-corrected chi connectivity index (χ0v) is 13.6. The number of carbonyl (C=O) groups is 1. The van der Waals surface area contributed by atoms with Crippen molar-refractivity contribution < 1.29 is 9.53 Å². The lowest BCUT2D eigenvalue weighted by molar-refractivity contribution is 0.0601. The van der Waals surface area contributed by atoms with Crippen molar-refractivity contribution in [2.24, 2.45) is 0 Å². The number of rotatable bonds is 3. The second-order valence-corrected chi connectivity index (χ2v) is 5.51. The summed E-state index contributed by atoms with van der Waals surface area (Å²) in [6.45, 7) is 3.02. The van der Waals surface area contributed by atoms with Gasteiger partial charge >= 0.3 is 5.97 Å². The van der Waals surface area contributed by atoms with Crippen LogP contribution in [0.4, 0.5) is 0 Å². The molecule has 0 atom stereocenters. The van der Waals surface area contributed by atoms with Crippen molar-refractivity contribution in [3.63, 3.8) is 0 Å². The monoisotopic (exact) mass is 345 g/mol. The summed E-state index contributed by atoms with van der Waals surface area (Å²) in [5.41, 5.74) is 4.15. The first-order chi connectivity index (χ1) is 10.2. The summed E-state index contributed by atoms with van der Waals surface area (Å²) < 4.78 is 7.09. The van der Waals surface area contributed by atoms with Gasteiger partial charge in [-0.1, -0.05) is 22.0 Å². The van der Waals surface area contributed by atoms with Crippen molar-refractivity contribution in [1.29, 1.82) is 0 Å². The average molecular weight is 346 g/mol. The Hall–Kier alpha value is -1.81. The van der Waals surface area contributed by atoms with E-state index in [-0.39, 0.29) is 5.97 Å². The fraction of sp³-hybridized carbons (Fsp3) is 0.235. The Morgan fingerprint density at radius 1 is 1.14 bits per heavy atom. The molecular weight excluding hydrogens is 330 g/mol. The highest BCUT2D eigenvalue weighted by Crippen LogP contribution is 2.31. The van der Waals surface area contributed by atoms with Crippen molar-refractivity contribution in [3.8, 4) is 0 Å². The molecule has 0 saturated carbocycles. The number of hydrogen-bond donors (Lipinski definition) is 0. The third kappa shape index (κ3) is 2.23. The van der Waals surface area contributed by atoms with Gasteiger partial charge in [0.1, 0.15) is 0 Å². The van der Waals surface area contributed by atoms with E-state index in [1.807, 2.05) is 18.2 Å². The lowest BCUT2D eigenvalue weighted by Crippen LogP contribution is -2.00. The zero-order valence-electron chi connectivity index (χ0n) is 12.0. The maximum atomic E-state index is 11.8. The van der Waals surface area contributed by atoms with Gasteiger partial charge in [0.2, 0.25) is 0 Å². The normalized spacial score (nSPS) is 11.2. The number of aromatic nitrogens is 1. The van der Waals surface area contributed by atoms with Crippen molar-refractivity contribution >= 4 is 43.7 Å². The highest BCUT2D eigenvalue weighted by atomic mass is 79.9. The third-order valence-electron chi connectivity index (χ3n) is 3.82. The molecule has 108 valence electrons. The molecule has 3 rings (SSSR count). The van der Waals surface area contributed by atoms with Crippen LogP contribution < -0.4 is 0 Å². The lowest BCUT2D eigenvalue weighted by atomic mass is 10.1. The van der Waals surface area contributed by atoms with Gasteiger partial charge in [0.05, 0.1) is 12.7 Å². The first-order valence-corrected chi connectivity index (χ1v) is 8.01. The summed E-state index contributed by atoms with van der Waals surface area (Å²) in [5.74, 6) is -0.300. The largest absolute Gasteiger partial charge is 0.465 e. The molecule has 0 spiro atoms. The molecular formula is C17H16BrNO2. The predicted octanol–water partition coefficient (Wildman–Crippen LogP) is 4.50. The molecule has 3 aromatic rings. The van der Waals surface area contributed by atoms with E-state index in [9.17, 15) is 4.79 Å². The zero-order chi connectivity index (χ0) is 15.0. The molecule has 0 N–H and O–H groups in total. The molecule has 2 aromatic carbocycles. The Balaban J connectivity index is 2.38. The van der Waals surface area contributed by atoms with Crippen LogP contribution in [0.25, 0.3) is 21.8 Å². The topological polar surface area (TPSA) is 31.2 Å². The predicted molar refractivity (Wildman–Crippen MR) is 89.1 cm³/mol. The van der Waals surface area contributed by atoms with Crippen molar-refractivity contribution in [2.75, 3.05) is 7.11 Å². The Labute approximate surface area is 131 Å². The van der Waals surface area contributed by atoms with E-state index in [2.05, 4.69) is 45.6 Å². The van der Waals surface area contributed by atoms with Crippen LogP contribution in [-0.2, 0) is 16.6 Å². The van der Waals surface area contributed by atoms with Crippen LogP contribution in [0.1, 0.15) is 22.8 Å². The van der Waals surface area contributed by atoms with Gasteiger partial charge in [-0.25, -0.2) is 4.79 Å². The fourth-order valence-corrected chi connectivity index (χ4v) is 3.17. The van der Waals surface area contributed by atoms with Crippen LogP contribution in [0.3, 0.4) is 0 Å². The number of aryl methyl sites for hydroxylation is 1. The average Bonchev–Trinajstić information content (AvgIpc) is 2.86. The minimum atomic E-state index is -0.300. The molecule has 0 amide bonds. The highest BCUT2D eigenvalue weighted by Gasteiger charge is 2.13. The van der Waals surface area contributed by atoms with E-state index < -0.39 is 0 Å². The fourth-order valence-electron chi connectivity index (χ4n) is 2.82. The summed E-state index contributed by atoms with van der Waals surface area (Å²) in [6, 6.07) is 12.2. The molecule has 0 aliphatic rings. The number of halogens is 1. The summed E-state index contributed by atoms with van der Waals surface area (Å²) in [7, 11) is 1.41. The molecule has 0 radical (unpaired) electrons. The van der Waals surface area contributed by atoms with E-state index in [0.29, 0.717) is 5.56 Å². The van der Waals surface area contributed by atoms with Crippen LogP contribution >= 0.6 is 15.9 Å². The van der Waals surface area contributed by atoms with Gasteiger partial charge in [-0.3, -0.25) is 0 Å². The number of fused-ring (bicyclic) bond motifs is 3. The SMILES string of the molecule is CCn1c2ccc(CBr)cc2c2cc(C(=O)OC)ccc21. The molecule has 1 heterocycles. The van der Waals surface area contributed by atoms with Crippen LogP contribution in [0, 0.1) is 0 Å². The van der Waals surface area contributed by atoms with Gasteiger partial charge in [0.15, 0.2) is 0 Å². The van der Waals surface area contributed by atoms with Gasteiger partial charge in [-0.15, -0.1) is 0 Å². The second-order valence-electron chi connectivity index (χ2n) is 4.95. The highest BCUT2D eigenvalue weighted by molar-refractivity contribution is 9.08. The minimum Gasteiger partial charge on any atom is -0.465 e. The number of esters is 1. The molecule has 1 aromatic heterocycles. The van der Waals surface area contributed by atoms with Gasteiger partial charge in [-0.2, -0.15) is 0 Å². The molecule has 0 bridgehead atoms. The Morgan fingerprint density at radius 2 is 1.81 bits per heavy atom. The molecule has 4 heteroatoms. The quantitative estimate of drug-likeness (QED) is 0.517. The number of methoxy groups -OCH3 is 1. The minimum absolute atomic E-state index is 0.300. The van der Waals surface area contributed by atoms with Gasteiger partial charge in [0.25, 0.3) is 0 Å². The van der Waals surface area contributed by atoms with Crippen LogP contribution in [0.15, 0.2) is 36.4 Å². The Morgan fingerprint density at radius 3 is 2.43 bits per heavy atom. The summed E-state index contributed by atoms with van der Waals surface area (Å²) in [4.78, 5) is 11.8. The maximum absolute atomic E-state index is 11.8. The van der Waals surface area contributed by atoms with Crippen molar-refractivity contribution in [1.82, 2.24) is 4.57 Å². The molecule has 3 nitrogen and oxygen atoms in total. The molecule has 0 aliphatic carbocycles. The Kier molecular flexibility index (Phi) is 3.72. The summed E-state index contributed by atoms with van der Waals surface area (Å²) in [6.07, 6.45) is 0. The summed E-state index contributed by atoms with van der Waals surface area (Å²) >= 11 is 3.50. The second kappa shape index (κ2) is 5.53. The van der Waals surface area contributed by atoms with Crippen LogP contribution in [0.2, 0.25) is 0 Å². The van der Waals surface area contributed by atoms with E-state index in [4.69, 9.17) is 4.74 Å². The molecule has 21 heavy (non-hydrogen) atoms. The van der Waals surface area contributed by atoms with E-state index in [1.54, 1.807) is 0 Å². The van der Waals surface area contributed by atoms with Crippen molar-refractivity contribution in [2.45, 2.75) is 18.8 Å². The van der Waals surface area contributed by atoms with E-state index in [1.165, 1.54) is 23.6 Å². The first-order valence-electron chi connectivity index (χ1n) is 6.88. The first kappa shape index (κ1) is 14.1. The van der Waals surface area contributed by atoms with Crippen LogP contribution in [-0.4, -0.2) is 17.6 Å².